The van der Waals surface area contributed by atoms with E-state index in [2.05, 4.69) is 10.2 Å². The predicted molar refractivity (Wildman–Crippen MR) is 83.8 cm³/mol. The standard InChI is InChI=1S/C18H13FN2O/c19-15-8-6-13(7-9-15)17-12-16(20-21-17)10-11-18(22)14-4-2-1-3-5-14/h1-12H,(H,20,21). The molecule has 1 heterocycles. The molecule has 0 bridgehead atoms. The monoisotopic (exact) mass is 292 g/mol. The number of nitrogens with one attached hydrogen (secondary N) is 1. The Morgan fingerprint density at radius 3 is 2.50 bits per heavy atom. The Labute approximate surface area is 127 Å². The lowest BCUT2D eigenvalue weighted by atomic mass is 10.1. The van der Waals surface area contributed by atoms with Gasteiger partial charge in [0.25, 0.3) is 0 Å². The number of hydrogen-bond donors (Lipinski definition) is 1. The van der Waals surface area contributed by atoms with Gasteiger partial charge in [-0.2, -0.15) is 5.10 Å². The van der Waals surface area contributed by atoms with E-state index in [4.69, 9.17) is 0 Å². The van der Waals surface area contributed by atoms with Crippen molar-refractivity contribution in [3.8, 4) is 11.3 Å². The first-order valence-electron chi connectivity index (χ1n) is 6.81. The van der Waals surface area contributed by atoms with Crippen molar-refractivity contribution < 1.29 is 9.18 Å². The molecule has 22 heavy (non-hydrogen) atoms. The molecule has 3 rings (SSSR count). The van der Waals surface area contributed by atoms with Gasteiger partial charge in [0.1, 0.15) is 5.82 Å². The lowest BCUT2D eigenvalue weighted by Crippen LogP contribution is -1.92. The highest BCUT2D eigenvalue weighted by molar-refractivity contribution is 6.06. The van der Waals surface area contributed by atoms with Crippen LogP contribution in [0.25, 0.3) is 17.3 Å². The summed E-state index contributed by atoms with van der Waals surface area (Å²) in [5.41, 5.74) is 2.86. The van der Waals surface area contributed by atoms with E-state index in [-0.39, 0.29) is 11.6 Å². The van der Waals surface area contributed by atoms with Crippen LogP contribution in [0.5, 0.6) is 0 Å². The number of ketones is 1. The van der Waals surface area contributed by atoms with Crippen LogP contribution in [0.2, 0.25) is 0 Å². The van der Waals surface area contributed by atoms with E-state index in [0.717, 1.165) is 5.56 Å². The first-order chi connectivity index (χ1) is 10.7. The van der Waals surface area contributed by atoms with Crippen molar-refractivity contribution in [3.05, 3.63) is 83.8 Å². The molecule has 1 N–H and O–H groups in total. The van der Waals surface area contributed by atoms with E-state index in [1.54, 1.807) is 30.3 Å². The fourth-order valence-corrected chi connectivity index (χ4v) is 2.05. The molecule has 0 aliphatic rings. The van der Waals surface area contributed by atoms with Gasteiger partial charge in [-0.25, -0.2) is 4.39 Å². The van der Waals surface area contributed by atoms with Gasteiger partial charge >= 0.3 is 0 Å². The molecule has 0 fully saturated rings. The van der Waals surface area contributed by atoms with Crippen molar-refractivity contribution in [2.24, 2.45) is 0 Å². The largest absolute Gasteiger partial charge is 0.289 e. The number of aromatic nitrogens is 2. The van der Waals surface area contributed by atoms with Crippen LogP contribution in [0.4, 0.5) is 4.39 Å². The molecule has 3 nitrogen and oxygen atoms in total. The molecule has 0 saturated carbocycles. The second kappa shape index (κ2) is 6.18. The van der Waals surface area contributed by atoms with E-state index in [0.29, 0.717) is 17.0 Å². The molecule has 0 spiro atoms. The van der Waals surface area contributed by atoms with Crippen LogP contribution in [0, 0.1) is 5.82 Å². The average Bonchev–Trinajstić information content (AvgIpc) is 3.03. The number of benzene rings is 2. The minimum absolute atomic E-state index is 0.0708. The van der Waals surface area contributed by atoms with Gasteiger partial charge in [-0.15, -0.1) is 0 Å². The van der Waals surface area contributed by atoms with Gasteiger partial charge in [-0.1, -0.05) is 30.3 Å². The molecule has 0 atom stereocenters. The van der Waals surface area contributed by atoms with Crippen molar-refractivity contribution in [1.29, 1.82) is 0 Å². The number of rotatable bonds is 4. The molecule has 1 aromatic heterocycles. The Morgan fingerprint density at radius 2 is 1.77 bits per heavy atom. The molecule has 0 unspecified atom stereocenters. The summed E-state index contributed by atoms with van der Waals surface area (Å²) in [5, 5.41) is 7.00. The quantitative estimate of drug-likeness (QED) is 0.581. The zero-order valence-corrected chi connectivity index (χ0v) is 11.7. The summed E-state index contributed by atoms with van der Waals surface area (Å²) < 4.78 is 12.9. The molecule has 108 valence electrons. The molecule has 0 aliphatic heterocycles. The predicted octanol–water partition coefficient (Wildman–Crippen LogP) is 4.11. The number of nitrogens with zero attached hydrogens (tertiary/aromatic N) is 1. The smallest absolute Gasteiger partial charge is 0.185 e. The lowest BCUT2D eigenvalue weighted by molar-refractivity contribution is 0.104. The molecular formula is C18H13FN2O. The second-order valence-electron chi connectivity index (χ2n) is 4.78. The van der Waals surface area contributed by atoms with Crippen LogP contribution < -0.4 is 0 Å². The van der Waals surface area contributed by atoms with Crippen molar-refractivity contribution in [2.45, 2.75) is 0 Å². The van der Waals surface area contributed by atoms with Crippen molar-refractivity contribution in [1.82, 2.24) is 10.2 Å². The molecule has 0 radical (unpaired) electrons. The summed E-state index contributed by atoms with van der Waals surface area (Å²) in [5.74, 6) is -0.355. The van der Waals surface area contributed by atoms with Crippen LogP contribution >= 0.6 is 0 Å². The normalized spacial score (nSPS) is 11.0. The second-order valence-corrected chi connectivity index (χ2v) is 4.78. The van der Waals surface area contributed by atoms with E-state index in [9.17, 15) is 9.18 Å². The summed E-state index contributed by atoms with van der Waals surface area (Å²) in [6, 6.07) is 17.0. The number of carbonyl (C=O) groups is 1. The van der Waals surface area contributed by atoms with Gasteiger partial charge < -0.3 is 0 Å². The van der Waals surface area contributed by atoms with Crippen LogP contribution in [0.3, 0.4) is 0 Å². The SMILES string of the molecule is O=C(C=Cc1cc(-c2ccc(F)cc2)n[nH]1)c1ccccc1. The molecule has 0 saturated heterocycles. The van der Waals surface area contributed by atoms with Gasteiger partial charge in [-0.3, -0.25) is 9.89 Å². The first-order valence-corrected chi connectivity index (χ1v) is 6.81. The van der Waals surface area contributed by atoms with E-state index >= 15 is 0 Å². The maximum Gasteiger partial charge on any atom is 0.185 e. The molecule has 0 aliphatic carbocycles. The molecular weight excluding hydrogens is 279 g/mol. The minimum Gasteiger partial charge on any atom is -0.289 e. The summed E-state index contributed by atoms with van der Waals surface area (Å²) in [7, 11) is 0. The highest BCUT2D eigenvalue weighted by atomic mass is 19.1. The lowest BCUT2D eigenvalue weighted by Gasteiger charge is -1.94. The third-order valence-electron chi connectivity index (χ3n) is 3.21. The van der Waals surface area contributed by atoms with Gasteiger partial charge in [0.15, 0.2) is 5.78 Å². The number of hydrogen-bond acceptors (Lipinski definition) is 2. The molecule has 4 heteroatoms. The Hall–Kier alpha value is -3.01. The summed E-state index contributed by atoms with van der Waals surface area (Å²) in [4.78, 5) is 12.0. The number of aromatic amines is 1. The van der Waals surface area contributed by atoms with Crippen molar-refractivity contribution in [2.75, 3.05) is 0 Å². The highest BCUT2D eigenvalue weighted by Gasteiger charge is 2.04. The van der Waals surface area contributed by atoms with E-state index < -0.39 is 0 Å². The maximum atomic E-state index is 12.9. The van der Waals surface area contributed by atoms with Crippen LogP contribution in [-0.4, -0.2) is 16.0 Å². The fourth-order valence-electron chi connectivity index (χ4n) is 2.05. The van der Waals surface area contributed by atoms with Crippen LogP contribution in [-0.2, 0) is 0 Å². The third-order valence-corrected chi connectivity index (χ3v) is 3.21. The third kappa shape index (κ3) is 3.17. The molecule has 3 aromatic rings. The number of H-pyrrole nitrogens is 1. The Bertz CT molecular complexity index is 805. The van der Waals surface area contributed by atoms with E-state index in [1.165, 1.54) is 18.2 Å². The Balaban J connectivity index is 1.75. The highest BCUT2D eigenvalue weighted by Crippen LogP contribution is 2.18. The fraction of sp³-hybridized carbons (Fsp3) is 0. The maximum absolute atomic E-state index is 12.9. The van der Waals surface area contributed by atoms with Crippen molar-refractivity contribution in [3.63, 3.8) is 0 Å². The van der Waals surface area contributed by atoms with Gasteiger partial charge in [0.2, 0.25) is 0 Å². The zero-order chi connectivity index (χ0) is 15.4. The topological polar surface area (TPSA) is 45.8 Å². The Morgan fingerprint density at radius 1 is 1.05 bits per heavy atom. The summed E-state index contributed by atoms with van der Waals surface area (Å²) >= 11 is 0. The van der Waals surface area contributed by atoms with Crippen molar-refractivity contribution >= 4 is 11.9 Å². The van der Waals surface area contributed by atoms with Gasteiger partial charge in [0, 0.05) is 11.1 Å². The molecule has 0 amide bonds. The zero-order valence-electron chi connectivity index (χ0n) is 11.7. The first kappa shape index (κ1) is 13.9. The minimum atomic E-state index is -0.284. The Kier molecular flexibility index (Phi) is 3.92. The van der Waals surface area contributed by atoms with Crippen LogP contribution in [0.1, 0.15) is 16.1 Å². The summed E-state index contributed by atoms with van der Waals surface area (Å²) in [6.07, 6.45) is 3.17. The number of allylic oxidation sites excluding steroid dienone is 1. The van der Waals surface area contributed by atoms with E-state index in [1.807, 2.05) is 24.3 Å². The number of carbonyl (C=O) groups excluding carboxylic acids is 1. The van der Waals surface area contributed by atoms with Crippen LogP contribution in [0.15, 0.2) is 66.7 Å². The molecule has 2 aromatic carbocycles. The average molecular weight is 292 g/mol. The number of halogens is 1. The summed E-state index contributed by atoms with van der Waals surface area (Å²) in [6.45, 7) is 0. The van der Waals surface area contributed by atoms with Gasteiger partial charge in [-0.05, 0) is 42.5 Å². The van der Waals surface area contributed by atoms with Gasteiger partial charge in [0.05, 0.1) is 11.4 Å².